The van der Waals surface area contributed by atoms with Crippen LogP contribution in [0.4, 0.5) is 21.7 Å². The molecule has 1 aliphatic heterocycles. The molecule has 1 aromatic heterocycles. The zero-order valence-corrected chi connectivity index (χ0v) is 21.4. The van der Waals surface area contributed by atoms with Crippen LogP contribution in [0.15, 0.2) is 53.5 Å². The van der Waals surface area contributed by atoms with Gasteiger partial charge >= 0.3 is 0 Å². The van der Waals surface area contributed by atoms with E-state index in [-0.39, 0.29) is 10.9 Å². The Morgan fingerprint density at radius 2 is 1.60 bits per heavy atom. The molecule has 10 heteroatoms. The van der Waals surface area contributed by atoms with Gasteiger partial charge in [-0.15, -0.1) is 0 Å². The van der Waals surface area contributed by atoms with E-state index in [0.29, 0.717) is 35.7 Å². The Balaban J connectivity index is 1.54. The topological polar surface area (TPSA) is 68.7 Å². The van der Waals surface area contributed by atoms with Crippen molar-refractivity contribution in [1.29, 1.82) is 0 Å². The predicted molar refractivity (Wildman–Crippen MR) is 145 cm³/mol. The summed E-state index contributed by atoms with van der Waals surface area (Å²) in [5.74, 6) is 0.766. The molecule has 2 heterocycles. The van der Waals surface area contributed by atoms with Crippen molar-refractivity contribution in [3.8, 4) is 0 Å². The Kier molecular flexibility index (Phi) is 7.77. The molecular weight excluding hydrogens is 485 g/mol. The van der Waals surface area contributed by atoms with E-state index in [4.69, 9.17) is 23.8 Å². The minimum Gasteiger partial charge on any atom is -0.368 e. The van der Waals surface area contributed by atoms with E-state index < -0.39 is 0 Å². The number of guanidine groups is 1. The summed E-state index contributed by atoms with van der Waals surface area (Å²) < 4.78 is 13.3. The molecule has 0 radical (unpaired) electrons. The molecule has 1 aliphatic rings. The normalized spacial score (nSPS) is 14.1. The van der Waals surface area contributed by atoms with Gasteiger partial charge in [0.25, 0.3) is 0 Å². The number of thiocarbonyl (C=S) groups is 1. The SMILES string of the molecule is Cc1ccc(NC(=S)/N=C(/Nc2nc(C)cc(C)n2)N2CCN(c3ccc(F)cc3)CC2)c(Cl)c1. The van der Waals surface area contributed by atoms with Gasteiger partial charge in [0.1, 0.15) is 5.82 Å². The van der Waals surface area contributed by atoms with E-state index in [2.05, 4.69) is 35.4 Å². The molecule has 0 saturated carbocycles. The average molecular weight is 512 g/mol. The predicted octanol–water partition coefficient (Wildman–Crippen LogP) is 5.18. The van der Waals surface area contributed by atoms with Crippen LogP contribution in [0.2, 0.25) is 5.02 Å². The van der Waals surface area contributed by atoms with Crippen LogP contribution >= 0.6 is 23.8 Å². The lowest BCUT2D eigenvalue weighted by Gasteiger charge is -2.37. The molecule has 0 unspecified atom stereocenters. The summed E-state index contributed by atoms with van der Waals surface area (Å²) in [5.41, 5.74) is 4.44. The first kappa shape index (κ1) is 24.8. The number of nitrogens with zero attached hydrogens (tertiary/aromatic N) is 5. The average Bonchev–Trinajstić information content (AvgIpc) is 2.80. The fourth-order valence-corrected chi connectivity index (χ4v) is 4.33. The second-order valence-corrected chi connectivity index (χ2v) is 9.19. The summed E-state index contributed by atoms with van der Waals surface area (Å²) in [5, 5.41) is 7.21. The van der Waals surface area contributed by atoms with Gasteiger partial charge in [-0.3, -0.25) is 5.32 Å². The van der Waals surface area contributed by atoms with E-state index in [1.165, 1.54) is 12.1 Å². The lowest BCUT2D eigenvalue weighted by molar-refractivity contribution is 0.385. The summed E-state index contributed by atoms with van der Waals surface area (Å²) in [4.78, 5) is 18.0. The van der Waals surface area contributed by atoms with Gasteiger partial charge in [-0.2, -0.15) is 4.99 Å². The molecule has 0 atom stereocenters. The summed E-state index contributed by atoms with van der Waals surface area (Å²) in [6.07, 6.45) is 0. The molecule has 1 fully saturated rings. The number of aromatic nitrogens is 2. The fraction of sp³-hybridized carbons (Fsp3) is 0.280. The van der Waals surface area contributed by atoms with E-state index in [1.807, 2.05) is 45.0 Å². The Labute approximate surface area is 215 Å². The van der Waals surface area contributed by atoms with Crippen molar-refractivity contribution in [2.24, 2.45) is 4.99 Å². The van der Waals surface area contributed by atoms with Crippen molar-refractivity contribution in [2.75, 3.05) is 41.7 Å². The zero-order valence-electron chi connectivity index (χ0n) is 19.8. The Morgan fingerprint density at radius 3 is 2.23 bits per heavy atom. The van der Waals surface area contributed by atoms with Crippen LogP contribution in [0, 0.1) is 26.6 Å². The maximum absolute atomic E-state index is 13.3. The van der Waals surface area contributed by atoms with Crippen LogP contribution in [-0.4, -0.2) is 52.1 Å². The number of aliphatic imine (C=N–C) groups is 1. The van der Waals surface area contributed by atoms with Crippen molar-refractivity contribution in [3.63, 3.8) is 0 Å². The number of hydrogen-bond donors (Lipinski definition) is 2. The van der Waals surface area contributed by atoms with Crippen molar-refractivity contribution in [3.05, 3.63) is 76.3 Å². The smallest absolute Gasteiger partial charge is 0.229 e. The van der Waals surface area contributed by atoms with Gasteiger partial charge in [-0.05, 0) is 81.0 Å². The van der Waals surface area contributed by atoms with Crippen molar-refractivity contribution >= 4 is 52.2 Å². The van der Waals surface area contributed by atoms with Gasteiger partial charge in [0, 0.05) is 43.3 Å². The summed E-state index contributed by atoms with van der Waals surface area (Å²) in [6, 6.07) is 14.2. The van der Waals surface area contributed by atoms with Crippen molar-refractivity contribution in [2.45, 2.75) is 20.8 Å². The lowest BCUT2D eigenvalue weighted by Crippen LogP contribution is -2.51. The first-order valence-electron chi connectivity index (χ1n) is 11.3. The maximum Gasteiger partial charge on any atom is 0.229 e. The Hall–Kier alpha value is -3.30. The minimum absolute atomic E-state index is 0.242. The van der Waals surface area contributed by atoms with Crippen molar-refractivity contribution in [1.82, 2.24) is 14.9 Å². The fourth-order valence-electron chi connectivity index (χ4n) is 3.85. The van der Waals surface area contributed by atoms with Gasteiger partial charge < -0.3 is 15.1 Å². The number of benzene rings is 2. The largest absolute Gasteiger partial charge is 0.368 e. The number of rotatable bonds is 3. The summed E-state index contributed by atoms with van der Waals surface area (Å²) in [7, 11) is 0. The number of aryl methyl sites for hydroxylation is 3. The third-order valence-corrected chi connectivity index (χ3v) is 6.06. The second kappa shape index (κ2) is 11.0. The molecule has 4 rings (SSSR count). The van der Waals surface area contributed by atoms with Gasteiger partial charge in [0.15, 0.2) is 0 Å². The highest BCUT2D eigenvalue weighted by Gasteiger charge is 2.22. The number of hydrogen-bond acceptors (Lipinski definition) is 4. The van der Waals surface area contributed by atoms with E-state index >= 15 is 0 Å². The third-order valence-electron chi connectivity index (χ3n) is 5.55. The highest BCUT2D eigenvalue weighted by Crippen LogP contribution is 2.23. The number of nitrogens with one attached hydrogen (secondary N) is 2. The Bertz CT molecular complexity index is 1220. The van der Waals surface area contributed by atoms with Gasteiger partial charge in [0.05, 0.1) is 10.7 Å². The molecule has 3 aromatic rings. The second-order valence-electron chi connectivity index (χ2n) is 8.40. The lowest BCUT2D eigenvalue weighted by atomic mass is 10.2. The molecule has 2 aromatic carbocycles. The van der Waals surface area contributed by atoms with Gasteiger partial charge in [-0.1, -0.05) is 17.7 Å². The number of piperazine rings is 1. The molecule has 7 nitrogen and oxygen atoms in total. The van der Waals surface area contributed by atoms with Crippen LogP contribution in [-0.2, 0) is 0 Å². The maximum atomic E-state index is 13.3. The van der Waals surface area contributed by atoms with Crippen LogP contribution in [0.25, 0.3) is 0 Å². The molecule has 0 amide bonds. The molecule has 1 saturated heterocycles. The number of anilines is 3. The van der Waals surface area contributed by atoms with Crippen molar-refractivity contribution < 1.29 is 4.39 Å². The Morgan fingerprint density at radius 1 is 0.943 bits per heavy atom. The molecular formula is C25H27ClFN7S. The van der Waals surface area contributed by atoms with Crippen LogP contribution in [0.5, 0.6) is 0 Å². The molecule has 0 bridgehead atoms. The summed E-state index contributed by atoms with van der Waals surface area (Å²) >= 11 is 11.9. The third kappa shape index (κ3) is 6.64. The van der Waals surface area contributed by atoms with E-state index in [1.54, 1.807) is 12.1 Å². The first-order chi connectivity index (χ1) is 16.8. The van der Waals surface area contributed by atoms with Crippen LogP contribution in [0.3, 0.4) is 0 Å². The highest BCUT2D eigenvalue weighted by atomic mass is 35.5. The van der Waals surface area contributed by atoms with Gasteiger partial charge in [-0.25, -0.2) is 14.4 Å². The molecule has 0 spiro atoms. The molecule has 0 aliphatic carbocycles. The number of halogens is 2. The molecule has 35 heavy (non-hydrogen) atoms. The monoisotopic (exact) mass is 511 g/mol. The minimum atomic E-state index is -0.242. The summed E-state index contributed by atoms with van der Waals surface area (Å²) in [6.45, 7) is 8.66. The quantitative estimate of drug-likeness (QED) is 0.285. The standard InChI is InChI=1S/C25H27ClFN7S/c1-16-4-9-22(21(26)14-16)30-25(35)32-24(31-23-28-17(2)15-18(3)29-23)34-12-10-33(11-13-34)20-7-5-19(27)6-8-20/h4-9,14-15H,10-13H2,1-3H3,(H2,28,29,30,31,32,35). The molecule has 2 N–H and O–H groups in total. The zero-order chi connectivity index (χ0) is 24.9. The first-order valence-corrected chi connectivity index (χ1v) is 12.1. The van der Waals surface area contributed by atoms with Crippen LogP contribution < -0.4 is 15.5 Å². The highest BCUT2D eigenvalue weighted by molar-refractivity contribution is 7.80. The molecule has 182 valence electrons. The van der Waals surface area contributed by atoms with Crippen LogP contribution in [0.1, 0.15) is 17.0 Å². The van der Waals surface area contributed by atoms with E-state index in [0.717, 1.165) is 35.7 Å². The van der Waals surface area contributed by atoms with E-state index in [9.17, 15) is 4.39 Å². The van der Waals surface area contributed by atoms with Gasteiger partial charge in [0.2, 0.25) is 17.0 Å².